The predicted octanol–water partition coefficient (Wildman–Crippen LogP) is 4.39. The molecule has 1 aromatic carbocycles. The van der Waals surface area contributed by atoms with Crippen molar-refractivity contribution in [3.05, 3.63) is 53.9 Å². The largest absolute Gasteiger partial charge is 0.343 e. The van der Waals surface area contributed by atoms with Gasteiger partial charge in [0.05, 0.1) is 12.1 Å². The molecule has 2 heterocycles. The van der Waals surface area contributed by atoms with Crippen LogP contribution in [-0.4, -0.2) is 47.4 Å². The summed E-state index contributed by atoms with van der Waals surface area (Å²) >= 11 is 0. The fourth-order valence-corrected chi connectivity index (χ4v) is 5.50. The van der Waals surface area contributed by atoms with Crippen LogP contribution in [-0.2, 0) is 9.59 Å². The third-order valence-electron chi connectivity index (χ3n) is 7.65. The molecule has 2 N–H and O–H groups in total. The van der Waals surface area contributed by atoms with E-state index in [1.807, 2.05) is 36.4 Å². The molecule has 1 aliphatic carbocycles. The Balaban J connectivity index is 1.59. The zero-order valence-electron chi connectivity index (χ0n) is 20.7. The molecule has 0 spiro atoms. The number of likely N-dealkylation sites (N-methyl/N-ethyl adjacent to an activating group) is 1. The molecular weight excluding hydrogens is 424 g/mol. The first-order valence-electron chi connectivity index (χ1n) is 12.8. The van der Waals surface area contributed by atoms with E-state index in [0.29, 0.717) is 0 Å². The van der Waals surface area contributed by atoms with Gasteiger partial charge >= 0.3 is 0 Å². The summed E-state index contributed by atoms with van der Waals surface area (Å²) in [5, 5.41) is 6.12. The minimum Gasteiger partial charge on any atom is -0.343 e. The Morgan fingerprint density at radius 3 is 2.56 bits per heavy atom. The van der Waals surface area contributed by atoms with Gasteiger partial charge in [-0.25, -0.2) is 0 Å². The second-order valence-electron chi connectivity index (χ2n) is 9.91. The van der Waals surface area contributed by atoms with E-state index < -0.39 is 6.04 Å². The molecule has 1 aromatic heterocycles. The summed E-state index contributed by atoms with van der Waals surface area (Å²) in [5.74, 6) is 0.157. The predicted molar refractivity (Wildman–Crippen MR) is 135 cm³/mol. The fraction of sp³-hybridized carbons (Fsp3) is 0.536. The van der Waals surface area contributed by atoms with Crippen molar-refractivity contribution >= 4 is 11.8 Å². The summed E-state index contributed by atoms with van der Waals surface area (Å²) in [6, 6.07) is 9.70. The van der Waals surface area contributed by atoms with Crippen molar-refractivity contribution in [2.24, 2.45) is 5.92 Å². The highest BCUT2D eigenvalue weighted by molar-refractivity contribution is 5.90. The first-order valence-corrected chi connectivity index (χ1v) is 12.8. The number of rotatable bonds is 7. The van der Waals surface area contributed by atoms with Crippen LogP contribution in [0.2, 0.25) is 0 Å². The number of likely N-dealkylation sites (tertiary alicyclic amines) is 1. The van der Waals surface area contributed by atoms with Crippen LogP contribution in [0.25, 0.3) is 11.1 Å². The lowest BCUT2D eigenvalue weighted by molar-refractivity contribution is -0.139. The molecule has 1 saturated heterocycles. The van der Waals surface area contributed by atoms with Crippen molar-refractivity contribution in [2.75, 3.05) is 13.6 Å². The second-order valence-corrected chi connectivity index (χ2v) is 9.91. The summed E-state index contributed by atoms with van der Waals surface area (Å²) in [7, 11) is 1.77. The van der Waals surface area contributed by atoms with E-state index >= 15 is 0 Å². The van der Waals surface area contributed by atoms with Gasteiger partial charge in [0, 0.05) is 24.5 Å². The van der Waals surface area contributed by atoms with Crippen LogP contribution in [0.1, 0.15) is 69.0 Å². The van der Waals surface area contributed by atoms with Crippen LogP contribution in [0, 0.1) is 12.8 Å². The Hall–Kier alpha value is -2.73. The summed E-state index contributed by atoms with van der Waals surface area (Å²) in [4.78, 5) is 33.3. The molecule has 2 aromatic rings. The van der Waals surface area contributed by atoms with E-state index in [1.165, 1.54) is 17.5 Å². The van der Waals surface area contributed by atoms with E-state index in [2.05, 4.69) is 40.7 Å². The molecule has 2 amide bonds. The Labute approximate surface area is 203 Å². The van der Waals surface area contributed by atoms with Gasteiger partial charge in [-0.2, -0.15) is 0 Å². The summed E-state index contributed by atoms with van der Waals surface area (Å²) in [5.41, 5.74) is 4.53. The lowest BCUT2D eigenvalue weighted by Crippen LogP contribution is -2.55. The lowest BCUT2D eigenvalue weighted by atomic mass is 9.83. The quantitative estimate of drug-likeness (QED) is 0.640. The smallest absolute Gasteiger partial charge is 0.245 e. The number of nitrogens with one attached hydrogen (secondary N) is 2. The van der Waals surface area contributed by atoms with Crippen molar-refractivity contribution in [3.63, 3.8) is 0 Å². The van der Waals surface area contributed by atoms with Crippen LogP contribution in [0.15, 0.2) is 42.7 Å². The molecule has 1 aliphatic heterocycles. The Morgan fingerprint density at radius 1 is 1.06 bits per heavy atom. The molecule has 6 nitrogen and oxygen atoms in total. The lowest BCUT2D eigenvalue weighted by Gasteiger charge is -2.35. The van der Waals surface area contributed by atoms with Crippen LogP contribution >= 0.6 is 0 Å². The fourth-order valence-electron chi connectivity index (χ4n) is 5.50. The van der Waals surface area contributed by atoms with E-state index in [9.17, 15) is 9.59 Å². The molecule has 34 heavy (non-hydrogen) atoms. The van der Waals surface area contributed by atoms with Gasteiger partial charge in [0.15, 0.2) is 0 Å². The molecular formula is C28H38N4O2. The first kappa shape index (κ1) is 24.4. The zero-order valence-corrected chi connectivity index (χ0v) is 20.7. The summed E-state index contributed by atoms with van der Waals surface area (Å²) in [6.07, 6.45) is 11.1. The summed E-state index contributed by atoms with van der Waals surface area (Å²) in [6.45, 7) is 4.66. The Morgan fingerprint density at radius 2 is 1.82 bits per heavy atom. The first-order chi connectivity index (χ1) is 16.5. The number of pyridine rings is 1. The monoisotopic (exact) mass is 462 g/mol. The molecule has 182 valence electrons. The number of hydrogen-bond donors (Lipinski definition) is 2. The summed E-state index contributed by atoms with van der Waals surface area (Å²) < 4.78 is 0. The van der Waals surface area contributed by atoms with E-state index in [1.54, 1.807) is 7.05 Å². The van der Waals surface area contributed by atoms with Gasteiger partial charge in [-0.15, -0.1) is 0 Å². The number of aryl methyl sites for hydroxylation is 1. The number of carbonyl (C=O) groups excluding carboxylic acids is 2. The molecule has 2 fully saturated rings. The Bertz CT molecular complexity index is 1000. The molecule has 6 heteroatoms. The zero-order chi connectivity index (χ0) is 24.1. The molecule has 3 atom stereocenters. The molecule has 0 radical (unpaired) electrons. The SMILES string of the molecule is CNC(C)C(=O)N[C@H](C(=O)N1CCC[C@H]1c1cncc(-c2ccccc2C)c1)C1CCCCC1. The molecule has 1 saturated carbocycles. The van der Waals surface area contributed by atoms with E-state index in [0.717, 1.165) is 56.2 Å². The highest BCUT2D eigenvalue weighted by atomic mass is 16.2. The van der Waals surface area contributed by atoms with Gasteiger partial charge in [0.25, 0.3) is 0 Å². The number of aromatic nitrogens is 1. The number of nitrogens with zero attached hydrogens (tertiary/aromatic N) is 2. The van der Waals surface area contributed by atoms with Crippen LogP contribution < -0.4 is 10.6 Å². The topological polar surface area (TPSA) is 74.3 Å². The average molecular weight is 463 g/mol. The van der Waals surface area contributed by atoms with Crippen LogP contribution in [0.4, 0.5) is 0 Å². The normalized spacial score (nSPS) is 20.7. The molecule has 0 bridgehead atoms. The maximum atomic E-state index is 14.0. The maximum absolute atomic E-state index is 14.0. The third kappa shape index (κ3) is 5.33. The average Bonchev–Trinajstić information content (AvgIpc) is 3.37. The van der Waals surface area contributed by atoms with E-state index in [-0.39, 0.29) is 29.8 Å². The van der Waals surface area contributed by atoms with E-state index in [4.69, 9.17) is 0 Å². The van der Waals surface area contributed by atoms with Crippen LogP contribution in [0.3, 0.4) is 0 Å². The highest BCUT2D eigenvalue weighted by Crippen LogP contribution is 2.36. The van der Waals surface area contributed by atoms with Crippen molar-refractivity contribution < 1.29 is 9.59 Å². The standard InChI is InChI=1S/C28H38N4O2/c1-19-10-7-8-13-24(19)22-16-23(18-30-17-22)25-14-9-15-32(25)28(34)26(21-11-5-4-6-12-21)31-27(33)20(2)29-3/h7-8,10,13,16-18,20-21,25-26,29H,4-6,9,11-12,14-15H2,1-3H3,(H,31,33)/t20?,25-,26-/m0/s1. The number of hydrogen-bond acceptors (Lipinski definition) is 4. The minimum absolute atomic E-state index is 0.00585. The molecule has 2 aliphatic rings. The van der Waals surface area contributed by atoms with Crippen molar-refractivity contribution in [1.29, 1.82) is 0 Å². The van der Waals surface area contributed by atoms with Crippen LogP contribution in [0.5, 0.6) is 0 Å². The third-order valence-corrected chi connectivity index (χ3v) is 7.65. The number of amides is 2. The number of carbonyl (C=O) groups is 2. The maximum Gasteiger partial charge on any atom is 0.245 e. The van der Waals surface area contributed by atoms with Gasteiger partial charge < -0.3 is 15.5 Å². The van der Waals surface area contributed by atoms with Gasteiger partial charge in [0.2, 0.25) is 11.8 Å². The van der Waals surface area contributed by atoms with Crippen molar-refractivity contribution in [2.45, 2.75) is 76.9 Å². The molecule has 1 unspecified atom stereocenters. The van der Waals surface area contributed by atoms with Gasteiger partial charge in [-0.05, 0) is 75.3 Å². The van der Waals surface area contributed by atoms with Gasteiger partial charge in [0.1, 0.15) is 6.04 Å². The van der Waals surface area contributed by atoms with Crippen molar-refractivity contribution in [3.8, 4) is 11.1 Å². The Kier molecular flexibility index (Phi) is 7.99. The minimum atomic E-state index is -0.461. The van der Waals surface area contributed by atoms with Gasteiger partial charge in [-0.1, -0.05) is 43.5 Å². The van der Waals surface area contributed by atoms with Gasteiger partial charge in [-0.3, -0.25) is 14.6 Å². The highest BCUT2D eigenvalue weighted by Gasteiger charge is 2.39. The molecule has 4 rings (SSSR count). The van der Waals surface area contributed by atoms with Crippen molar-refractivity contribution in [1.82, 2.24) is 20.5 Å². The number of benzene rings is 1. The second kappa shape index (κ2) is 11.1.